The number of carboxylic acids is 1. The van der Waals surface area contributed by atoms with Crippen LogP contribution in [0.1, 0.15) is 20.3 Å². The molecule has 104 valence electrons. The molecule has 0 radical (unpaired) electrons. The number of β-amino-alcohol motifs (C(OH)–C–C–N with tert-alkyl or cyclic N) is 1. The highest BCUT2D eigenvalue weighted by atomic mass is 16.5. The maximum Gasteiger partial charge on any atom is 0.326 e. The highest BCUT2D eigenvalue weighted by Gasteiger charge is 2.40. The van der Waals surface area contributed by atoms with Crippen molar-refractivity contribution in [3.05, 3.63) is 0 Å². The zero-order valence-corrected chi connectivity index (χ0v) is 10.8. The second kappa shape index (κ2) is 5.53. The molecule has 1 fully saturated rings. The Morgan fingerprint density at radius 2 is 2.11 bits per heavy atom. The van der Waals surface area contributed by atoms with Gasteiger partial charge in [-0.2, -0.15) is 0 Å². The lowest BCUT2D eigenvalue weighted by molar-refractivity contribution is -0.141. The van der Waals surface area contributed by atoms with E-state index in [1.165, 1.54) is 7.11 Å². The second-order valence-corrected chi connectivity index (χ2v) is 5.14. The lowest BCUT2D eigenvalue weighted by Crippen LogP contribution is -2.54. The van der Waals surface area contributed by atoms with Crippen molar-refractivity contribution < 1.29 is 24.5 Å². The summed E-state index contributed by atoms with van der Waals surface area (Å²) in [6, 6.07) is -1.47. The Labute approximate surface area is 106 Å². The maximum absolute atomic E-state index is 12.0. The molecular formula is C11H20N2O5. The molecule has 1 rings (SSSR count). The summed E-state index contributed by atoms with van der Waals surface area (Å²) in [4.78, 5) is 24.1. The summed E-state index contributed by atoms with van der Waals surface area (Å²) < 4.78 is 4.97. The molecular weight excluding hydrogens is 240 g/mol. The number of methoxy groups -OCH3 is 1. The van der Waals surface area contributed by atoms with E-state index in [1.54, 1.807) is 13.8 Å². The van der Waals surface area contributed by atoms with Gasteiger partial charge in [0.1, 0.15) is 6.04 Å². The largest absolute Gasteiger partial charge is 0.480 e. The van der Waals surface area contributed by atoms with Crippen LogP contribution < -0.4 is 5.32 Å². The predicted molar refractivity (Wildman–Crippen MR) is 63.2 cm³/mol. The van der Waals surface area contributed by atoms with Gasteiger partial charge in [-0.05, 0) is 13.8 Å². The van der Waals surface area contributed by atoms with Gasteiger partial charge in [-0.25, -0.2) is 9.59 Å². The van der Waals surface area contributed by atoms with Crippen molar-refractivity contribution in [3.63, 3.8) is 0 Å². The van der Waals surface area contributed by atoms with Gasteiger partial charge < -0.3 is 25.2 Å². The van der Waals surface area contributed by atoms with Crippen LogP contribution >= 0.6 is 0 Å². The summed E-state index contributed by atoms with van der Waals surface area (Å²) in [5, 5.41) is 21.1. The Kier molecular flexibility index (Phi) is 4.53. The number of urea groups is 1. The van der Waals surface area contributed by atoms with Crippen molar-refractivity contribution in [2.75, 3.05) is 20.3 Å². The Balaban J connectivity index is 2.68. The third-order valence-corrected chi connectivity index (χ3v) is 2.78. The summed E-state index contributed by atoms with van der Waals surface area (Å²) in [6.45, 7) is 3.89. The Morgan fingerprint density at radius 3 is 2.61 bits per heavy atom. The van der Waals surface area contributed by atoms with Crippen LogP contribution in [0.25, 0.3) is 0 Å². The second-order valence-electron chi connectivity index (χ2n) is 5.14. The van der Waals surface area contributed by atoms with E-state index in [2.05, 4.69) is 5.32 Å². The molecule has 2 atom stereocenters. The molecule has 18 heavy (non-hydrogen) atoms. The van der Waals surface area contributed by atoms with E-state index in [-0.39, 0.29) is 13.0 Å². The van der Waals surface area contributed by atoms with Gasteiger partial charge in [0.2, 0.25) is 0 Å². The SMILES string of the molecule is COCC(C)(C)NC(=O)N1C[C@H](O)C[C@H]1C(=O)O. The van der Waals surface area contributed by atoms with Crippen LogP contribution in [0.5, 0.6) is 0 Å². The van der Waals surface area contributed by atoms with E-state index in [0.717, 1.165) is 4.90 Å². The minimum Gasteiger partial charge on any atom is -0.480 e. The van der Waals surface area contributed by atoms with Gasteiger partial charge in [-0.3, -0.25) is 0 Å². The number of rotatable bonds is 4. The van der Waals surface area contributed by atoms with Crippen molar-refractivity contribution in [1.82, 2.24) is 10.2 Å². The monoisotopic (exact) mass is 260 g/mol. The molecule has 1 heterocycles. The van der Waals surface area contributed by atoms with Gasteiger partial charge in [0.05, 0.1) is 18.2 Å². The minimum absolute atomic E-state index is 0.0336. The fourth-order valence-corrected chi connectivity index (χ4v) is 2.03. The van der Waals surface area contributed by atoms with Gasteiger partial charge in [-0.15, -0.1) is 0 Å². The molecule has 1 aliphatic heterocycles. The molecule has 7 heteroatoms. The normalized spacial score (nSPS) is 24.1. The van der Waals surface area contributed by atoms with Crippen molar-refractivity contribution >= 4 is 12.0 Å². The van der Waals surface area contributed by atoms with Crippen LogP contribution in [0.15, 0.2) is 0 Å². The minimum atomic E-state index is -1.11. The Hall–Kier alpha value is -1.34. The number of likely N-dealkylation sites (tertiary alicyclic amines) is 1. The predicted octanol–water partition coefficient (Wildman–Crippen LogP) is -0.359. The molecule has 1 saturated heterocycles. The number of carbonyl (C=O) groups is 2. The first-order chi connectivity index (χ1) is 8.26. The molecule has 0 aromatic carbocycles. The maximum atomic E-state index is 12.0. The van der Waals surface area contributed by atoms with Crippen LogP contribution in [-0.2, 0) is 9.53 Å². The van der Waals surface area contributed by atoms with E-state index in [9.17, 15) is 14.7 Å². The quantitative estimate of drug-likeness (QED) is 0.641. The zero-order chi connectivity index (χ0) is 13.9. The van der Waals surface area contributed by atoms with Gasteiger partial charge in [-0.1, -0.05) is 0 Å². The number of hydrogen-bond donors (Lipinski definition) is 3. The lowest BCUT2D eigenvalue weighted by atomic mass is 10.1. The van der Waals surface area contributed by atoms with Crippen LogP contribution in [-0.4, -0.2) is 65.1 Å². The van der Waals surface area contributed by atoms with Gasteiger partial charge in [0.15, 0.2) is 0 Å². The fourth-order valence-electron chi connectivity index (χ4n) is 2.03. The van der Waals surface area contributed by atoms with Crippen LogP contribution in [0.3, 0.4) is 0 Å². The molecule has 0 aromatic heterocycles. The number of aliphatic hydroxyl groups excluding tert-OH is 1. The van der Waals surface area contributed by atoms with E-state index >= 15 is 0 Å². The summed E-state index contributed by atoms with van der Waals surface area (Å²) in [6.07, 6.45) is -0.727. The summed E-state index contributed by atoms with van der Waals surface area (Å²) in [7, 11) is 1.52. The lowest BCUT2D eigenvalue weighted by Gasteiger charge is -2.30. The van der Waals surface area contributed by atoms with E-state index in [1.807, 2.05) is 0 Å². The zero-order valence-electron chi connectivity index (χ0n) is 10.8. The standard InChI is InChI=1S/C11H20N2O5/c1-11(2,6-18-3)12-10(17)13-5-7(14)4-8(13)9(15)16/h7-8,14H,4-6H2,1-3H3,(H,12,17)(H,15,16)/t7-,8+/m1/s1. The molecule has 0 unspecified atom stereocenters. The first kappa shape index (κ1) is 14.7. The van der Waals surface area contributed by atoms with Crippen molar-refractivity contribution in [1.29, 1.82) is 0 Å². The van der Waals surface area contributed by atoms with Crippen molar-refractivity contribution in [2.24, 2.45) is 0 Å². The highest BCUT2D eigenvalue weighted by Crippen LogP contribution is 2.19. The van der Waals surface area contributed by atoms with Crippen LogP contribution in [0.2, 0.25) is 0 Å². The molecule has 3 N–H and O–H groups in total. The molecule has 0 spiro atoms. The van der Waals surface area contributed by atoms with E-state index in [4.69, 9.17) is 9.84 Å². The number of aliphatic hydroxyl groups is 1. The van der Waals surface area contributed by atoms with Crippen molar-refractivity contribution in [3.8, 4) is 0 Å². The summed E-state index contributed by atoms with van der Waals surface area (Å²) >= 11 is 0. The summed E-state index contributed by atoms with van der Waals surface area (Å²) in [5.41, 5.74) is -0.595. The third kappa shape index (κ3) is 3.58. The number of carboxylic acid groups (broad SMARTS) is 1. The highest BCUT2D eigenvalue weighted by molar-refractivity contribution is 5.83. The first-order valence-electron chi connectivity index (χ1n) is 5.75. The first-order valence-corrected chi connectivity index (χ1v) is 5.75. The molecule has 2 amide bonds. The molecule has 0 bridgehead atoms. The van der Waals surface area contributed by atoms with Crippen LogP contribution in [0, 0.1) is 0 Å². The number of nitrogens with zero attached hydrogens (tertiary/aromatic N) is 1. The average molecular weight is 260 g/mol. The number of ether oxygens (including phenoxy) is 1. The average Bonchev–Trinajstić information content (AvgIpc) is 2.59. The number of hydrogen-bond acceptors (Lipinski definition) is 4. The smallest absolute Gasteiger partial charge is 0.326 e. The number of nitrogens with one attached hydrogen (secondary N) is 1. The van der Waals surface area contributed by atoms with E-state index in [0.29, 0.717) is 6.61 Å². The molecule has 1 aliphatic rings. The summed E-state index contributed by atoms with van der Waals surface area (Å²) in [5.74, 6) is -1.11. The fraction of sp³-hybridized carbons (Fsp3) is 0.818. The Bertz CT molecular complexity index is 331. The molecule has 7 nitrogen and oxygen atoms in total. The van der Waals surface area contributed by atoms with Crippen LogP contribution in [0.4, 0.5) is 4.79 Å². The molecule has 0 saturated carbocycles. The topological polar surface area (TPSA) is 99.1 Å². The molecule has 0 aliphatic carbocycles. The number of carbonyl (C=O) groups excluding carboxylic acids is 1. The number of amides is 2. The van der Waals surface area contributed by atoms with Gasteiger partial charge in [0.25, 0.3) is 0 Å². The van der Waals surface area contributed by atoms with E-state index < -0.39 is 29.7 Å². The number of aliphatic carboxylic acids is 1. The molecule has 0 aromatic rings. The van der Waals surface area contributed by atoms with Gasteiger partial charge >= 0.3 is 12.0 Å². The van der Waals surface area contributed by atoms with Crippen molar-refractivity contribution in [2.45, 2.75) is 38.0 Å². The van der Waals surface area contributed by atoms with Gasteiger partial charge in [0, 0.05) is 20.1 Å². The Morgan fingerprint density at radius 1 is 1.50 bits per heavy atom. The third-order valence-electron chi connectivity index (χ3n) is 2.78.